The van der Waals surface area contributed by atoms with Crippen molar-refractivity contribution in [3.05, 3.63) is 23.8 Å². The number of carbonyl (C=O) groups is 1. The van der Waals surface area contributed by atoms with E-state index in [0.717, 1.165) is 18.5 Å². The molecule has 0 saturated heterocycles. The Bertz CT molecular complexity index is 489. The largest absolute Gasteiger partial charge is 0.399 e. The predicted octanol–water partition coefficient (Wildman–Crippen LogP) is 1.87. The molecule has 0 saturated carbocycles. The van der Waals surface area contributed by atoms with Crippen LogP contribution in [0.3, 0.4) is 0 Å². The van der Waals surface area contributed by atoms with Crippen molar-refractivity contribution in [2.45, 2.75) is 25.8 Å². The van der Waals surface area contributed by atoms with Crippen molar-refractivity contribution in [3.8, 4) is 12.3 Å². The fraction of sp³-hybridized carbons (Fsp3) is 0.400. The first-order chi connectivity index (χ1) is 8.99. The standard InChI is InChI=1S/C15H21N3O/c1-5-7-12(6-2)17-15(19)13-10-11(16)8-9-14(13)18(3)4/h2,8-10,12H,5,7,16H2,1,3-4H3,(H,17,19). The van der Waals surface area contributed by atoms with E-state index in [1.54, 1.807) is 12.1 Å². The molecule has 4 nitrogen and oxygen atoms in total. The molecule has 0 aliphatic heterocycles. The summed E-state index contributed by atoms with van der Waals surface area (Å²) >= 11 is 0. The van der Waals surface area contributed by atoms with E-state index in [4.69, 9.17) is 12.2 Å². The Morgan fingerprint density at radius 1 is 1.53 bits per heavy atom. The molecule has 1 aromatic carbocycles. The van der Waals surface area contributed by atoms with Gasteiger partial charge in [0.2, 0.25) is 0 Å². The van der Waals surface area contributed by atoms with Gasteiger partial charge in [0.25, 0.3) is 5.91 Å². The lowest BCUT2D eigenvalue weighted by molar-refractivity contribution is 0.0945. The van der Waals surface area contributed by atoms with Crippen molar-refractivity contribution in [1.29, 1.82) is 0 Å². The van der Waals surface area contributed by atoms with Gasteiger partial charge in [-0.25, -0.2) is 0 Å². The van der Waals surface area contributed by atoms with Crippen LogP contribution in [0.1, 0.15) is 30.1 Å². The minimum atomic E-state index is -0.242. The molecule has 102 valence electrons. The van der Waals surface area contributed by atoms with E-state index in [0.29, 0.717) is 11.3 Å². The van der Waals surface area contributed by atoms with Gasteiger partial charge >= 0.3 is 0 Å². The second-order valence-corrected chi connectivity index (χ2v) is 4.65. The van der Waals surface area contributed by atoms with Crippen molar-refractivity contribution in [3.63, 3.8) is 0 Å². The SMILES string of the molecule is C#CC(CCC)NC(=O)c1cc(N)ccc1N(C)C. The summed E-state index contributed by atoms with van der Waals surface area (Å²) in [6.45, 7) is 2.03. The number of amides is 1. The molecule has 0 heterocycles. The minimum Gasteiger partial charge on any atom is -0.399 e. The van der Waals surface area contributed by atoms with E-state index < -0.39 is 0 Å². The molecule has 0 aliphatic rings. The van der Waals surface area contributed by atoms with Crippen LogP contribution in [0.2, 0.25) is 0 Å². The first kappa shape index (κ1) is 14.9. The number of hydrogen-bond donors (Lipinski definition) is 2. The Morgan fingerprint density at radius 2 is 2.21 bits per heavy atom. The highest BCUT2D eigenvalue weighted by atomic mass is 16.1. The Labute approximate surface area is 115 Å². The van der Waals surface area contributed by atoms with Crippen molar-refractivity contribution in [2.24, 2.45) is 0 Å². The first-order valence-electron chi connectivity index (χ1n) is 6.33. The van der Waals surface area contributed by atoms with Gasteiger partial charge in [0.05, 0.1) is 11.6 Å². The van der Waals surface area contributed by atoms with E-state index >= 15 is 0 Å². The zero-order valence-electron chi connectivity index (χ0n) is 11.7. The lowest BCUT2D eigenvalue weighted by Crippen LogP contribution is -2.34. The summed E-state index contributed by atoms with van der Waals surface area (Å²) in [5.74, 6) is 2.40. The number of benzene rings is 1. The second kappa shape index (κ2) is 6.69. The molecule has 1 amide bonds. The van der Waals surface area contributed by atoms with E-state index in [-0.39, 0.29) is 11.9 Å². The summed E-state index contributed by atoms with van der Waals surface area (Å²) in [7, 11) is 3.76. The van der Waals surface area contributed by atoms with Crippen LogP contribution in [0, 0.1) is 12.3 Å². The summed E-state index contributed by atoms with van der Waals surface area (Å²) in [6, 6.07) is 5.03. The summed E-state index contributed by atoms with van der Waals surface area (Å²) in [5, 5.41) is 2.85. The highest BCUT2D eigenvalue weighted by Crippen LogP contribution is 2.21. The van der Waals surface area contributed by atoms with Gasteiger partial charge in [0, 0.05) is 25.5 Å². The summed E-state index contributed by atoms with van der Waals surface area (Å²) < 4.78 is 0. The highest BCUT2D eigenvalue weighted by molar-refractivity contribution is 6.01. The molecule has 3 N–H and O–H groups in total. The third-order valence-corrected chi connectivity index (χ3v) is 2.83. The van der Waals surface area contributed by atoms with Gasteiger partial charge in [-0.1, -0.05) is 19.3 Å². The zero-order chi connectivity index (χ0) is 14.4. The molecule has 0 aliphatic carbocycles. The first-order valence-corrected chi connectivity index (χ1v) is 6.33. The van der Waals surface area contributed by atoms with Crippen LogP contribution in [0.4, 0.5) is 11.4 Å². The minimum absolute atomic E-state index is 0.188. The number of rotatable bonds is 5. The number of nitrogen functional groups attached to an aromatic ring is 1. The van der Waals surface area contributed by atoms with Crippen molar-refractivity contribution >= 4 is 17.3 Å². The number of hydrogen-bond acceptors (Lipinski definition) is 3. The molecule has 1 aromatic rings. The molecule has 0 bridgehead atoms. The van der Waals surface area contributed by atoms with Gasteiger partial charge in [-0.05, 0) is 24.6 Å². The van der Waals surface area contributed by atoms with Crippen LogP contribution >= 0.6 is 0 Å². The maximum absolute atomic E-state index is 12.3. The van der Waals surface area contributed by atoms with Crippen LogP contribution in [0.25, 0.3) is 0 Å². The van der Waals surface area contributed by atoms with Gasteiger partial charge in [0.15, 0.2) is 0 Å². The van der Waals surface area contributed by atoms with Crippen molar-refractivity contribution in [1.82, 2.24) is 5.32 Å². The van der Waals surface area contributed by atoms with Crippen LogP contribution in [-0.4, -0.2) is 26.0 Å². The Balaban J connectivity index is 2.99. The zero-order valence-corrected chi connectivity index (χ0v) is 11.7. The predicted molar refractivity (Wildman–Crippen MR) is 80.2 cm³/mol. The molecule has 0 aromatic heterocycles. The Kier molecular flexibility index (Phi) is 5.25. The summed E-state index contributed by atoms with van der Waals surface area (Å²) in [6.07, 6.45) is 7.10. The van der Waals surface area contributed by atoms with Crippen molar-refractivity contribution in [2.75, 3.05) is 24.7 Å². The summed E-state index contributed by atoms with van der Waals surface area (Å²) in [5.41, 5.74) is 7.67. The van der Waals surface area contributed by atoms with Crippen LogP contribution in [-0.2, 0) is 0 Å². The molecule has 1 unspecified atom stereocenters. The molecular formula is C15H21N3O. The van der Waals surface area contributed by atoms with E-state index in [1.165, 1.54) is 0 Å². The maximum atomic E-state index is 12.3. The number of nitrogens with zero attached hydrogens (tertiary/aromatic N) is 1. The third-order valence-electron chi connectivity index (χ3n) is 2.83. The fourth-order valence-corrected chi connectivity index (χ4v) is 1.85. The Hall–Kier alpha value is -2.15. The molecule has 19 heavy (non-hydrogen) atoms. The van der Waals surface area contributed by atoms with Gasteiger partial charge in [-0.15, -0.1) is 6.42 Å². The maximum Gasteiger partial charge on any atom is 0.254 e. The van der Waals surface area contributed by atoms with Crippen LogP contribution < -0.4 is 16.0 Å². The normalized spacial score (nSPS) is 11.5. The van der Waals surface area contributed by atoms with E-state index in [1.807, 2.05) is 32.0 Å². The molecule has 0 fully saturated rings. The number of nitrogens with one attached hydrogen (secondary N) is 1. The van der Waals surface area contributed by atoms with E-state index in [9.17, 15) is 4.79 Å². The molecule has 1 rings (SSSR count). The van der Waals surface area contributed by atoms with Crippen LogP contribution in [0.5, 0.6) is 0 Å². The number of nitrogens with two attached hydrogens (primary N) is 1. The third kappa shape index (κ3) is 3.92. The van der Waals surface area contributed by atoms with Crippen molar-refractivity contribution < 1.29 is 4.79 Å². The van der Waals surface area contributed by atoms with Gasteiger partial charge in [0.1, 0.15) is 0 Å². The monoisotopic (exact) mass is 259 g/mol. The highest BCUT2D eigenvalue weighted by Gasteiger charge is 2.16. The van der Waals surface area contributed by atoms with E-state index in [2.05, 4.69) is 11.2 Å². The average Bonchev–Trinajstić information content (AvgIpc) is 2.37. The van der Waals surface area contributed by atoms with Gasteiger partial charge in [-0.3, -0.25) is 4.79 Å². The average molecular weight is 259 g/mol. The quantitative estimate of drug-likeness (QED) is 0.627. The van der Waals surface area contributed by atoms with Gasteiger partial charge < -0.3 is 16.0 Å². The number of terminal acetylenes is 1. The lowest BCUT2D eigenvalue weighted by Gasteiger charge is -2.19. The molecule has 4 heteroatoms. The topological polar surface area (TPSA) is 58.4 Å². The number of carbonyl (C=O) groups excluding carboxylic acids is 1. The molecule has 1 atom stereocenters. The van der Waals surface area contributed by atoms with Gasteiger partial charge in [-0.2, -0.15) is 0 Å². The number of anilines is 2. The molecule has 0 spiro atoms. The smallest absolute Gasteiger partial charge is 0.254 e. The van der Waals surface area contributed by atoms with Crippen LogP contribution in [0.15, 0.2) is 18.2 Å². The Morgan fingerprint density at radius 3 is 2.74 bits per heavy atom. The fourth-order valence-electron chi connectivity index (χ4n) is 1.85. The lowest BCUT2D eigenvalue weighted by atomic mass is 10.1. The summed E-state index contributed by atoms with van der Waals surface area (Å²) in [4.78, 5) is 14.2. The second-order valence-electron chi connectivity index (χ2n) is 4.65. The molecule has 0 radical (unpaired) electrons. The molecular weight excluding hydrogens is 238 g/mol.